The van der Waals surface area contributed by atoms with Crippen LogP contribution in [0.1, 0.15) is 36.8 Å². The van der Waals surface area contributed by atoms with Crippen LogP contribution in [0.25, 0.3) is 0 Å². The van der Waals surface area contributed by atoms with E-state index >= 15 is 0 Å². The van der Waals surface area contributed by atoms with Gasteiger partial charge in [-0.1, -0.05) is 60.9 Å². The number of hydrogen-bond donors (Lipinski definition) is 3. The van der Waals surface area contributed by atoms with Crippen molar-refractivity contribution in [2.75, 3.05) is 18.5 Å². The van der Waals surface area contributed by atoms with Crippen molar-refractivity contribution in [3.8, 4) is 0 Å². The number of aliphatic imine (C=N–C) groups is 1. The molecule has 0 amide bonds. The number of nitrogens with one attached hydrogen (secondary N) is 2. The maximum absolute atomic E-state index is 8.83. The SMILES string of the molecule is Cc1ccc(CN=C(NCCCCCCO)Nc2ccccc2)cc1.I. The summed E-state index contributed by atoms with van der Waals surface area (Å²) < 4.78 is 0. The molecule has 2 aromatic rings. The van der Waals surface area contributed by atoms with Crippen LogP contribution in [-0.2, 0) is 6.54 Å². The van der Waals surface area contributed by atoms with Crippen LogP contribution in [0.15, 0.2) is 59.6 Å². The summed E-state index contributed by atoms with van der Waals surface area (Å²) >= 11 is 0. The minimum absolute atomic E-state index is 0. The summed E-state index contributed by atoms with van der Waals surface area (Å²) in [6.45, 7) is 3.89. The van der Waals surface area contributed by atoms with Crippen LogP contribution in [-0.4, -0.2) is 24.2 Å². The molecule has 2 aromatic carbocycles. The fraction of sp³-hybridized carbons (Fsp3) is 0.381. The Balaban J connectivity index is 0.00000338. The molecule has 0 atom stereocenters. The van der Waals surface area contributed by atoms with Crippen LogP contribution >= 0.6 is 24.0 Å². The molecule has 0 unspecified atom stereocenters. The van der Waals surface area contributed by atoms with Crippen LogP contribution in [0.4, 0.5) is 5.69 Å². The highest BCUT2D eigenvalue weighted by Crippen LogP contribution is 2.07. The van der Waals surface area contributed by atoms with Gasteiger partial charge in [-0.25, -0.2) is 4.99 Å². The Morgan fingerprint density at radius 3 is 2.31 bits per heavy atom. The predicted octanol–water partition coefficient (Wildman–Crippen LogP) is 4.72. The number of aliphatic hydroxyl groups excluding tert-OH is 1. The predicted molar refractivity (Wildman–Crippen MR) is 121 cm³/mol. The molecule has 0 heterocycles. The second-order valence-corrected chi connectivity index (χ2v) is 6.21. The molecule has 4 nitrogen and oxygen atoms in total. The molecular formula is C21H30IN3O. The van der Waals surface area contributed by atoms with Gasteiger partial charge in [-0.2, -0.15) is 0 Å². The summed E-state index contributed by atoms with van der Waals surface area (Å²) in [7, 11) is 0. The largest absolute Gasteiger partial charge is 0.396 e. The summed E-state index contributed by atoms with van der Waals surface area (Å²) in [6.07, 6.45) is 4.14. The highest BCUT2D eigenvalue weighted by Gasteiger charge is 2.00. The summed E-state index contributed by atoms with van der Waals surface area (Å²) in [6, 6.07) is 18.6. The van der Waals surface area contributed by atoms with E-state index in [2.05, 4.69) is 41.8 Å². The van der Waals surface area contributed by atoms with Gasteiger partial charge in [-0.15, -0.1) is 24.0 Å². The van der Waals surface area contributed by atoms with Gasteiger partial charge in [0.1, 0.15) is 0 Å². The van der Waals surface area contributed by atoms with Crippen molar-refractivity contribution in [2.24, 2.45) is 4.99 Å². The molecule has 0 saturated carbocycles. The minimum atomic E-state index is 0. The number of nitrogens with zero attached hydrogens (tertiary/aromatic N) is 1. The zero-order valence-corrected chi connectivity index (χ0v) is 17.8. The molecule has 3 N–H and O–H groups in total. The highest BCUT2D eigenvalue weighted by atomic mass is 127. The van der Waals surface area contributed by atoms with Crippen molar-refractivity contribution < 1.29 is 5.11 Å². The third-order valence-corrected chi connectivity index (χ3v) is 3.95. The lowest BCUT2D eigenvalue weighted by Gasteiger charge is -2.13. The first-order valence-electron chi connectivity index (χ1n) is 9.05. The second-order valence-electron chi connectivity index (χ2n) is 6.21. The number of anilines is 1. The molecule has 142 valence electrons. The van der Waals surface area contributed by atoms with Crippen LogP contribution in [0.5, 0.6) is 0 Å². The van der Waals surface area contributed by atoms with E-state index in [1.54, 1.807) is 0 Å². The fourth-order valence-corrected chi connectivity index (χ4v) is 2.46. The zero-order valence-electron chi connectivity index (χ0n) is 15.4. The summed E-state index contributed by atoms with van der Waals surface area (Å²) in [5.41, 5.74) is 3.48. The average molecular weight is 467 g/mol. The quantitative estimate of drug-likeness (QED) is 0.217. The number of para-hydroxylation sites is 1. The van der Waals surface area contributed by atoms with Gasteiger partial charge in [0.25, 0.3) is 0 Å². The Morgan fingerprint density at radius 1 is 0.923 bits per heavy atom. The number of benzene rings is 2. The van der Waals surface area contributed by atoms with E-state index in [9.17, 15) is 0 Å². The standard InChI is InChI=1S/C21H29N3O.HI/c1-18-11-13-19(14-12-18)17-23-21(22-15-7-2-3-8-16-25)24-20-9-5-4-6-10-20;/h4-6,9-14,25H,2-3,7-8,15-17H2,1H3,(H2,22,23,24);1H. The van der Waals surface area contributed by atoms with Gasteiger partial charge in [0, 0.05) is 18.8 Å². The van der Waals surface area contributed by atoms with Crippen LogP contribution in [0.3, 0.4) is 0 Å². The van der Waals surface area contributed by atoms with Gasteiger partial charge in [-0.05, 0) is 37.5 Å². The van der Waals surface area contributed by atoms with E-state index in [0.29, 0.717) is 6.54 Å². The van der Waals surface area contributed by atoms with Gasteiger partial charge >= 0.3 is 0 Å². The molecule has 0 radical (unpaired) electrons. The van der Waals surface area contributed by atoms with Gasteiger partial charge < -0.3 is 15.7 Å². The maximum Gasteiger partial charge on any atom is 0.196 e. The minimum Gasteiger partial charge on any atom is -0.396 e. The molecule has 0 aromatic heterocycles. The Labute approximate surface area is 174 Å². The molecule has 0 aliphatic rings. The van der Waals surface area contributed by atoms with Crippen molar-refractivity contribution in [1.29, 1.82) is 0 Å². The molecule has 5 heteroatoms. The molecule has 0 aliphatic carbocycles. The van der Waals surface area contributed by atoms with E-state index in [1.165, 1.54) is 11.1 Å². The van der Waals surface area contributed by atoms with E-state index in [1.807, 2.05) is 30.3 Å². The molecule has 26 heavy (non-hydrogen) atoms. The van der Waals surface area contributed by atoms with Crippen molar-refractivity contribution in [3.05, 3.63) is 65.7 Å². The van der Waals surface area contributed by atoms with Crippen molar-refractivity contribution >= 4 is 35.6 Å². The normalized spacial score (nSPS) is 10.9. The van der Waals surface area contributed by atoms with Crippen LogP contribution in [0.2, 0.25) is 0 Å². The third-order valence-electron chi connectivity index (χ3n) is 3.95. The van der Waals surface area contributed by atoms with Gasteiger partial charge in [0.05, 0.1) is 6.54 Å². The van der Waals surface area contributed by atoms with Crippen molar-refractivity contribution in [1.82, 2.24) is 5.32 Å². The molecule has 0 bridgehead atoms. The highest BCUT2D eigenvalue weighted by molar-refractivity contribution is 14.0. The number of guanidine groups is 1. The van der Waals surface area contributed by atoms with E-state index in [-0.39, 0.29) is 30.6 Å². The zero-order chi connectivity index (χ0) is 17.7. The first kappa shape index (κ1) is 22.4. The number of halogens is 1. The van der Waals surface area contributed by atoms with Crippen molar-refractivity contribution in [3.63, 3.8) is 0 Å². The number of aryl methyl sites for hydroxylation is 1. The van der Waals surface area contributed by atoms with Crippen LogP contribution < -0.4 is 10.6 Å². The topological polar surface area (TPSA) is 56.7 Å². The number of hydrogen-bond acceptors (Lipinski definition) is 2. The Hall–Kier alpha value is -1.60. The van der Waals surface area contributed by atoms with Gasteiger partial charge in [0.2, 0.25) is 0 Å². The molecule has 0 fully saturated rings. The Morgan fingerprint density at radius 2 is 1.62 bits per heavy atom. The fourth-order valence-electron chi connectivity index (χ4n) is 2.46. The summed E-state index contributed by atoms with van der Waals surface area (Å²) in [5.74, 6) is 0.800. The van der Waals surface area contributed by atoms with E-state index in [0.717, 1.165) is 43.9 Å². The lowest BCUT2D eigenvalue weighted by Crippen LogP contribution is -2.31. The lowest BCUT2D eigenvalue weighted by molar-refractivity contribution is 0.282. The molecule has 2 rings (SSSR count). The monoisotopic (exact) mass is 467 g/mol. The first-order valence-corrected chi connectivity index (χ1v) is 9.05. The summed E-state index contributed by atoms with van der Waals surface area (Å²) in [5, 5.41) is 15.6. The second kappa shape index (κ2) is 13.6. The smallest absolute Gasteiger partial charge is 0.196 e. The number of unbranched alkanes of at least 4 members (excludes halogenated alkanes) is 3. The van der Waals surface area contributed by atoms with E-state index in [4.69, 9.17) is 10.1 Å². The van der Waals surface area contributed by atoms with Gasteiger partial charge in [-0.3, -0.25) is 0 Å². The first-order chi connectivity index (χ1) is 12.3. The van der Waals surface area contributed by atoms with E-state index < -0.39 is 0 Å². The summed E-state index contributed by atoms with van der Waals surface area (Å²) in [4.78, 5) is 4.71. The maximum atomic E-state index is 8.83. The van der Waals surface area contributed by atoms with Crippen molar-refractivity contribution in [2.45, 2.75) is 39.2 Å². The average Bonchev–Trinajstić information content (AvgIpc) is 2.64. The van der Waals surface area contributed by atoms with Gasteiger partial charge in [0.15, 0.2) is 5.96 Å². The third kappa shape index (κ3) is 9.20. The molecule has 0 saturated heterocycles. The molecular weight excluding hydrogens is 437 g/mol. The number of aliphatic hydroxyl groups is 1. The molecule has 0 spiro atoms. The lowest BCUT2D eigenvalue weighted by atomic mass is 10.1. The molecule has 0 aliphatic heterocycles. The number of rotatable bonds is 9. The van der Waals surface area contributed by atoms with Crippen LogP contribution in [0, 0.1) is 6.92 Å². The Bertz CT molecular complexity index is 629. The Kier molecular flexibility index (Phi) is 11.7.